The molecule has 0 atom stereocenters. The first-order valence-electron chi connectivity index (χ1n) is 6.66. The number of benzene rings is 1. The summed E-state index contributed by atoms with van der Waals surface area (Å²) in [5.74, 6) is -0.550. The van der Waals surface area contributed by atoms with Crippen LogP contribution in [0.1, 0.15) is 17.5 Å². The summed E-state index contributed by atoms with van der Waals surface area (Å²) in [7, 11) is 3.86. The van der Waals surface area contributed by atoms with Crippen molar-refractivity contribution in [3.8, 4) is 0 Å². The van der Waals surface area contributed by atoms with Gasteiger partial charge in [0.25, 0.3) is 0 Å². The lowest BCUT2D eigenvalue weighted by Gasteiger charge is -2.11. The molecule has 0 heterocycles. The van der Waals surface area contributed by atoms with E-state index in [1.165, 1.54) is 0 Å². The molecule has 0 radical (unpaired) electrons. The molecule has 0 saturated carbocycles. The first-order valence-corrected chi connectivity index (χ1v) is 6.66. The van der Waals surface area contributed by atoms with Crippen LogP contribution in [0.5, 0.6) is 0 Å². The van der Waals surface area contributed by atoms with Crippen molar-refractivity contribution in [2.24, 2.45) is 0 Å². The third kappa shape index (κ3) is 6.33. The summed E-state index contributed by atoms with van der Waals surface area (Å²) in [6, 6.07) is 5.80. The molecule has 0 fully saturated rings. The standard InChI is InChI=1S/C15H23N3O2/c1-11-7-12(2)9-13(8-11)17-15(20)10-14(19)16-5-6-18(3)4/h7-9H,5-6,10H2,1-4H3,(H,16,19)(H,17,20). The van der Waals surface area contributed by atoms with Gasteiger partial charge in [-0.25, -0.2) is 0 Å². The highest BCUT2D eigenvalue weighted by Crippen LogP contribution is 2.13. The Hall–Kier alpha value is -1.88. The molecule has 0 aliphatic carbocycles. The fourth-order valence-corrected chi connectivity index (χ4v) is 1.88. The second-order valence-electron chi connectivity index (χ2n) is 5.25. The monoisotopic (exact) mass is 277 g/mol. The lowest BCUT2D eigenvalue weighted by atomic mass is 10.1. The van der Waals surface area contributed by atoms with Crippen molar-refractivity contribution in [1.29, 1.82) is 0 Å². The fraction of sp³-hybridized carbons (Fsp3) is 0.467. The zero-order valence-corrected chi connectivity index (χ0v) is 12.6. The van der Waals surface area contributed by atoms with Crippen LogP contribution in [0.3, 0.4) is 0 Å². The Morgan fingerprint density at radius 3 is 2.20 bits per heavy atom. The molecule has 1 aromatic rings. The Morgan fingerprint density at radius 2 is 1.65 bits per heavy atom. The van der Waals surface area contributed by atoms with Crippen LogP contribution in [0.15, 0.2) is 18.2 Å². The van der Waals surface area contributed by atoms with E-state index in [-0.39, 0.29) is 18.2 Å². The minimum Gasteiger partial charge on any atom is -0.354 e. The van der Waals surface area contributed by atoms with Gasteiger partial charge in [-0.2, -0.15) is 0 Å². The second kappa shape index (κ2) is 7.65. The molecule has 0 aliphatic heterocycles. The molecule has 2 N–H and O–H groups in total. The summed E-state index contributed by atoms with van der Waals surface area (Å²) < 4.78 is 0. The van der Waals surface area contributed by atoms with Crippen molar-refractivity contribution < 1.29 is 9.59 Å². The molecule has 0 bridgehead atoms. The Morgan fingerprint density at radius 1 is 1.05 bits per heavy atom. The van der Waals surface area contributed by atoms with Gasteiger partial charge in [-0.1, -0.05) is 6.07 Å². The third-order valence-electron chi connectivity index (χ3n) is 2.71. The maximum atomic E-state index is 11.8. The maximum absolute atomic E-state index is 11.8. The molecule has 0 aliphatic rings. The van der Waals surface area contributed by atoms with Gasteiger partial charge in [-0.05, 0) is 51.2 Å². The van der Waals surface area contributed by atoms with E-state index in [1.54, 1.807) is 0 Å². The van der Waals surface area contributed by atoms with Gasteiger partial charge in [-0.15, -0.1) is 0 Å². The average Bonchev–Trinajstić information content (AvgIpc) is 2.25. The fourth-order valence-electron chi connectivity index (χ4n) is 1.88. The van der Waals surface area contributed by atoms with E-state index in [0.717, 1.165) is 23.4 Å². The van der Waals surface area contributed by atoms with Gasteiger partial charge in [-0.3, -0.25) is 9.59 Å². The van der Waals surface area contributed by atoms with Crippen molar-refractivity contribution >= 4 is 17.5 Å². The minimum absolute atomic E-state index is 0.152. The number of amides is 2. The third-order valence-corrected chi connectivity index (χ3v) is 2.71. The lowest BCUT2D eigenvalue weighted by Crippen LogP contribution is -2.33. The van der Waals surface area contributed by atoms with E-state index in [9.17, 15) is 9.59 Å². The quantitative estimate of drug-likeness (QED) is 0.771. The zero-order chi connectivity index (χ0) is 15.1. The van der Waals surface area contributed by atoms with Crippen molar-refractivity contribution in [3.63, 3.8) is 0 Å². The molecule has 5 nitrogen and oxygen atoms in total. The topological polar surface area (TPSA) is 61.4 Å². The van der Waals surface area contributed by atoms with Crippen LogP contribution in [-0.4, -0.2) is 43.9 Å². The predicted octanol–water partition coefficient (Wildman–Crippen LogP) is 1.31. The van der Waals surface area contributed by atoms with E-state index >= 15 is 0 Å². The molecule has 2 amide bonds. The number of hydrogen-bond donors (Lipinski definition) is 2. The highest BCUT2D eigenvalue weighted by molar-refractivity contribution is 6.03. The number of hydrogen-bond acceptors (Lipinski definition) is 3. The van der Waals surface area contributed by atoms with Gasteiger partial charge in [0.1, 0.15) is 6.42 Å². The van der Waals surface area contributed by atoms with Gasteiger partial charge in [0.2, 0.25) is 11.8 Å². The van der Waals surface area contributed by atoms with Crippen LogP contribution in [0, 0.1) is 13.8 Å². The molecule has 20 heavy (non-hydrogen) atoms. The molecular formula is C15H23N3O2. The largest absolute Gasteiger partial charge is 0.354 e. The van der Waals surface area contributed by atoms with Crippen molar-refractivity contribution in [2.75, 3.05) is 32.5 Å². The summed E-state index contributed by atoms with van der Waals surface area (Å²) in [6.07, 6.45) is -0.152. The number of aryl methyl sites for hydroxylation is 2. The lowest BCUT2D eigenvalue weighted by molar-refractivity contribution is -0.126. The number of nitrogens with one attached hydrogen (secondary N) is 2. The van der Waals surface area contributed by atoms with E-state index in [0.29, 0.717) is 6.54 Å². The SMILES string of the molecule is Cc1cc(C)cc(NC(=O)CC(=O)NCCN(C)C)c1. The van der Waals surface area contributed by atoms with Crippen molar-refractivity contribution in [3.05, 3.63) is 29.3 Å². The first kappa shape index (κ1) is 16.2. The average molecular weight is 277 g/mol. The molecule has 1 aromatic carbocycles. The Kier molecular flexibility index (Phi) is 6.18. The molecule has 110 valence electrons. The van der Waals surface area contributed by atoms with Gasteiger partial charge in [0.15, 0.2) is 0 Å². The van der Waals surface area contributed by atoms with E-state index in [1.807, 2.05) is 51.0 Å². The van der Waals surface area contributed by atoms with Crippen LogP contribution < -0.4 is 10.6 Å². The van der Waals surface area contributed by atoms with E-state index in [4.69, 9.17) is 0 Å². The molecule has 0 unspecified atom stereocenters. The summed E-state index contributed by atoms with van der Waals surface area (Å²) >= 11 is 0. The molecule has 0 saturated heterocycles. The maximum Gasteiger partial charge on any atom is 0.233 e. The Bertz CT molecular complexity index is 464. The molecule has 0 aromatic heterocycles. The Labute approximate surface area is 120 Å². The van der Waals surface area contributed by atoms with Gasteiger partial charge >= 0.3 is 0 Å². The van der Waals surface area contributed by atoms with Crippen molar-refractivity contribution in [1.82, 2.24) is 10.2 Å². The van der Waals surface area contributed by atoms with Crippen molar-refractivity contribution in [2.45, 2.75) is 20.3 Å². The first-order chi connectivity index (χ1) is 9.36. The number of likely N-dealkylation sites (N-methyl/N-ethyl adjacent to an activating group) is 1. The summed E-state index contributed by atoms with van der Waals surface area (Å²) in [4.78, 5) is 25.3. The van der Waals surface area contributed by atoms with Crippen LogP contribution in [-0.2, 0) is 9.59 Å². The predicted molar refractivity (Wildman–Crippen MR) is 80.7 cm³/mol. The van der Waals surface area contributed by atoms with E-state index in [2.05, 4.69) is 10.6 Å². The van der Waals surface area contributed by atoms with Crippen LogP contribution in [0.2, 0.25) is 0 Å². The number of rotatable bonds is 6. The smallest absolute Gasteiger partial charge is 0.233 e. The summed E-state index contributed by atoms with van der Waals surface area (Å²) in [5.41, 5.74) is 2.89. The zero-order valence-electron chi connectivity index (χ0n) is 12.6. The number of carbonyl (C=O) groups is 2. The highest BCUT2D eigenvalue weighted by Gasteiger charge is 2.09. The normalized spacial score (nSPS) is 10.4. The molecule has 5 heteroatoms. The van der Waals surface area contributed by atoms with Crippen LogP contribution >= 0.6 is 0 Å². The summed E-state index contributed by atoms with van der Waals surface area (Å²) in [5, 5.41) is 5.46. The summed E-state index contributed by atoms with van der Waals surface area (Å²) in [6.45, 7) is 5.24. The number of anilines is 1. The second-order valence-corrected chi connectivity index (χ2v) is 5.25. The number of carbonyl (C=O) groups excluding carboxylic acids is 2. The minimum atomic E-state index is -0.294. The number of nitrogens with zero attached hydrogens (tertiary/aromatic N) is 1. The van der Waals surface area contributed by atoms with E-state index < -0.39 is 0 Å². The molecule has 1 rings (SSSR count). The van der Waals surface area contributed by atoms with Gasteiger partial charge < -0.3 is 15.5 Å². The van der Waals surface area contributed by atoms with Gasteiger partial charge in [0.05, 0.1) is 0 Å². The Balaban J connectivity index is 2.41. The van der Waals surface area contributed by atoms with Crippen LogP contribution in [0.4, 0.5) is 5.69 Å². The molecule has 0 spiro atoms. The molecular weight excluding hydrogens is 254 g/mol. The van der Waals surface area contributed by atoms with Crippen LogP contribution in [0.25, 0.3) is 0 Å². The van der Waals surface area contributed by atoms with Gasteiger partial charge in [0, 0.05) is 18.8 Å². The highest BCUT2D eigenvalue weighted by atomic mass is 16.2.